The molecule has 0 atom stereocenters. The quantitative estimate of drug-likeness (QED) is 0.409. The second kappa shape index (κ2) is 1920. The van der Waals surface area contributed by atoms with E-state index < -0.39 is 0 Å². The van der Waals surface area contributed by atoms with Gasteiger partial charge in [-0.05, 0) is 6.92 Å². The Morgan fingerprint density at radius 1 is 1.00 bits per heavy atom. The first-order valence-corrected chi connectivity index (χ1v) is 1.99. The van der Waals surface area contributed by atoms with Crippen molar-refractivity contribution in [1.29, 1.82) is 0 Å². The number of hydrogen-bond acceptors (Lipinski definition) is 0. The van der Waals surface area contributed by atoms with Crippen LogP contribution in [0.15, 0.2) is 39.0 Å². The molecule has 0 fully saturated rings. The zero-order valence-electron chi connectivity index (χ0n) is 5.11. The van der Waals surface area contributed by atoms with Gasteiger partial charge in [0.2, 0.25) is 0 Å². The van der Waals surface area contributed by atoms with Crippen LogP contribution < -0.4 is 0 Å². The van der Waals surface area contributed by atoms with Crippen LogP contribution in [0.2, 0.25) is 0 Å². The Kier molecular flexibility index (Phi) is 4490. The summed E-state index contributed by atoms with van der Waals surface area (Å²) in [5, 5.41) is 0. The van der Waals surface area contributed by atoms with E-state index in [9.17, 15) is 0 Å². The van der Waals surface area contributed by atoms with E-state index in [1.807, 2.05) is 6.92 Å². The molecule has 0 nitrogen and oxygen atoms in total. The van der Waals surface area contributed by atoms with Crippen LogP contribution in [0.25, 0.3) is 0 Å². The second-order valence-electron chi connectivity index (χ2n) is 0.408. The van der Waals surface area contributed by atoms with Gasteiger partial charge >= 0.3 is 0 Å². The average Bonchev–Trinajstić information content (AvgIpc) is 1.78. The van der Waals surface area contributed by atoms with Gasteiger partial charge in [-0.15, -0.1) is 32.9 Å². The average molecular weight is 98.2 g/mol. The third kappa shape index (κ3) is 89.0. The zero-order chi connectivity index (χ0) is 6.71. The van der Waals surface area contributed by atoms with E-state index in [0.29, 0.717) is 0 Å². The van der Waals surface area contributed by atoms with Crippen LogP contribution in [-0.4, -0.2) is 0 Å². The first kappa shape index (κ1) is 16.3. The Bertz CT molecular complexity index is 19.2. The third-order valence-corrected chi connectivity index (χ3v) is 0. The minimum absolute atomic E-state index is 1.75. The minimum Gasteiger partial charge on any atom is -0.106 e. The number of rotatable bonds is 0. The molecule has 0 saturated heterocycles. The molecule has 42 valence electrons. The van der Waals surface area contributed by atoms with Gasteiger partial charge in [0, 0.05) is 0 Å². The minimum atomic E-state index is 1.75. The van der Waals surface area contributed by atoms with Crippen molar-refractivity contribution in [3.63, 3.8) is 0 Å². The normalized spacial score (nSPS) is 3.00. The summed E-state index contributed by atoms with van der Waals surface area (Å²) in [6.07, 6.45) is 1.75. The third-order valence-electron chi connectivity index (χ3n) is 0. The van der Waals surface area contributed by atoms with Crippen molar-refractivity contribution < 1.29 is 0 Å². The molecular formula is C7H14. The van der Waals surface area contributed by atoms with Crippen LogP contribution in [0, 0.1) is 0 Å². The smallest absolute Gasteiger partial charge is 0.0473 e. The summed E-state index contributed by atoms with van der Waals surface area (Å²) < 4.78 is 0. The zero-order valence-corrected chi connectivity index (χ0v) is 5.11. The fourth-order valence-corrected chi connectivity index (χ4v) is 0. The van der Waals surface area contributed by atoms with Crippen molar-refractivity contribution in [1.82, 2.24) is 0 Å². The summed E-state index contributed by atoms with van der Waals surface area (Å²) in [5.74, 6) is 0. The summed E-state index contributed by atoms with van der Waals surface area (Å²) >= 11 is 0. The molecule has 7 heavy (non-hydrogen) atoms. The molecule has 0 aliphatic heterocycles. The number of hydrogen-bond donors (Lipinski definition) is 0. The summed E-state index contributed by atoms with van der Waals surface area (Å²) in [4.78, 5) is 0. The Labute approximate surface area is 46.9 Å². The molecule has 0 spiro atoms. The highest BCUT2D eigenvalue weighted by atomic mass is 13.2. The first-order valence-electron chi connectivity index (χ1n) is 1.99. The second-order valence-corrected chi connectivity index (χ2v) is 0.408. The molecule has 0 heteroatoms. The molecule has 0 radical (unpaired) electrons. The Morgan fingerprint density at radius 3 is 1.00 bits per heavy atom. The van der Waals surface area contributed by atoms with Crippen LogP contribution in [0.4, 0.5) is 0 Å². The van der Waals surface area contributed by atoms with E-state index in [-0.39, 0.29) is 0 Å². The van der Waals surface area contributed by atoms with Gasteiger partial charge in [0.25, 0.3) is 0 Å². The van der Waals surface area contributed by atoms with Crippen LogP contribution in [0.5, 0.6) is 0 Å². The van der Waals surface area contributed by atoms with Crippen LogP contribution >= 0.6 is 0 Å². The monoisotopic (exact) mass is 98.1 g/mol. The van der Waals surface area contributed by atoms with E-state index in [1.54, 1.807) is 6.08 Å². The fourth-order valence-electron chi connectivity index (χ4n) is 0. The maximum absolute atomic E-state index is 3.36. The van der Waals surface area contributed by atoms with Crippen LogP contribution in [0.3, 0.4) is 0 Å². The lowest BCUT2D eigenvalue weighted by Gasteiger charge is -1.31. The Hall–Kier alpha value is -0.780. The lowest BCUT2D eigenvalue weighted by Crippen LogP contribution is -1.07. The van der Waals surface area contributed by atoms with Gasteiger partial charge in [0.1, 0.15) is 0 Å². The predicted octanol–water partition coefficient (Wildman–Crippen LogP) is 2.80. The standard InChI is InChI=1S/C3H6.2C2H4/c1-3-2;2*1-2/h3H,1H2,2H3;2*1-2H2. The molecule has 0 amide bonds. The van der Waals surface area contributed by atoms with Crippen LogP contribution in [-0.2, 0) is 0 Å². The van der Waals surface area contributed by atoms with Crippen molar-refractivity contribution in [3.05, 3.63) is 39.0 Å². The molecule has 0 heterocycles. The molecule has 0 saturated carbocycles. The highest BCUT2D eigenvalue weighted by Gasteiger charge is 1.15. The van der Waals surface area contributed by atoms with Crippen molar-refractivity contribution in [3.8, 4) is 0 Å². The van der Waals surface area contributed by atoms with Gasteiger partial charge < -0.3 is 0 Å². The van der Waals surface area contributed by atoms with Gasteiger partial charge in [-0.2, -0.15) is 0 Å². The van der Waals surface area contributed by atoms with Gasteiger partial charge in [0.15, 0.2) is 0 Å². The van der Waals surface area contributed by atoms with Crippen molar-refractivity contribution in [2.75, 3.05) is 0 Å². The summed E-state index contributed by atoms with van der Waals surface area (Å²) in [5.41, 5.74) is 0. The van der Waals surface area contributed by atoms with Gasteiger partial charge in [-0.1, -0.05) is 6.08 Å². The van der Waals surface area contributed by atoms with Crippen molar-refractivity contribution in [2.45, 2.75) is 6.92 Å². The Morgan fingerprint density at radius 2 is 1.00 bits per heavy atom. The van der Waals surface area contributed by atoms with E-state index in [0.717, 1.165) is 0 Å². The lowest BCUT2D eigenvalue weighted by molar-refractivity contribution is 1.80. The Balaban J connectivity index is -0.0000000360. The molecule has 0 N–H and O–H groups in total. The summed E-state index contributed by atoms with van der Waals surface area (Å²) in [7, 11) is 0. The molecule has 0 aliphatic rings. The van der Waals surface area contributed by atoms with E-state index >= 15 is 0 Å². The predicted molar refractivity (Wildman–Crippen MR) is 38.4 cm³/mol. The van der Waals surface area contributed by atoms with Crippen LogP contribution in [0.1, 0.15) is 6.92 Å². The molecule has 0 aromatic rings. The number of allylic oxidation sites excluding steroid dienone is 1. The van der Waals surface area contributed by atoms with Crippen molar-refractivity contribution in [2.24, 2.45) is 0 Å². The lowest BCUT2D eigenvalue weighted by atomic mass is 10.8. The SMILES string of the molecule is C=C.C=C.C=CC. The van der Waals surface area contributed by atoms with E-state index in [4.69, 9.17) is 0 Å². The molecule has 0 unspecified atom stereocenters. The van der Waals surface area contributed by atoms with E-state index in [1.165, 1.54) is 0 Å². The largest absolute Gasteiger partial charge is 0.106 e. The summed E-state index contributed by atoms with van der Waals surface area (Å²) in [6.45, 7) is 17.2. The molecule has 0 rings (SSSR count). The topological polar surface area (TPSA) is 0 Å². The first-order chi connectivity index (χ1) is 3.41. The summed E-state index contributed by atoms with van der Waals surface area (Å²) in [6, 6.07) is 0. The van der Waals surface area contributed by atoms with Gasteiger partial charge in [-0.3, -0.25) is 0 Å². The maximum atomic E-state index is 3.36. The fraction of sp³-hybridized carbons (Fsp3) is 0.143. The molecule has 0 bridgehead atoms. The molecular weight excluding hydrogens is 84.1 g/mol. The maximum Gasteiger partial charge on any atom is -0.0473 e. The molecule has 0 aromatic carbocycles. The van der Waals surface area contributed by atoms with E-state index in [2.05, 4.69) is 32.9 Å². The van der Waals surface area contributed by atoms with Gasteiger partial charge in [-0.25, -0.2) is 0 Å². The molecule has 0 aliphatic carbocycles. The van der Waals surface area contributed by atoms with Crippen molar-refractivity contribution >= 4 is 0 Å². The van der Waals surface area contributed by atoms with Gasteiger partial charge in [0.05, 0.1) is 0 Å². The highest BCUT2D eigenvalue weighted by molar-refractivity contribution is 4.51. The highest BCUT2D eigenvalue weighted by Crippen LogP contribution is 1.38. The molecule has 0 aromatic heterocycles.